The largest absolute Gasteiger partial charge is 0.382 e. The molecule has 0 saturated carbocycles. The zero-order chi connectivity index (χ0) is 53.2. The first-order chi connectivity index (χ1) is 36.2. The number of hydrogen-bond acceptors (Lipinski definition) is 16. The number of sulfonamides is 1. The summed E-state index contributed by atoms with van der Waals surface area (Å²) < 4.78 is 82.7. The Morgan fingerprint density at radius 2 is 1.51 bits per heavy atom. The Morgan fingerprint density at radius 3 is 2.20 bits per heavy atom. The zero-order valence-corrected chi connectivity index (χ0v) is 42.8. The molecule has 5 aromatic rings. The van der Waals surface area contributed by atoms with Crippen LogP contribution >= 0.6 is 0 Å². The Hall–Kier alpha value is -6.99. The van der Waals surface area contributed by atoms with Gasteiger partial charge >= 0.3 is 0 Å². The fourth-order valence-electron chi connectivity index (χ4n) is 9.35. The maximum atomic E-state index is 16.1. The summed E-state index contributed by atoms with van der Waals surface area (Å²) in [5.74, 6) is -3.67. The van der Waals surface area contributed by atoms with E-state index < -0.39 is 51.1 Å². The predicted octanol–water partition coefficient (Wildman–Crippen LogP) is 4.65. The van der Waals surface area contributed by atoms with Crippen LogP contribution in [0.2, 0.25) is 0 Å². The van der Waals surface area contributed by atoms with E-state index >= 15 is 8.78 Å². The summed E-state index contributed by atoms with van der Waals surface area (Å²) >= 11 is 0. The van der Waals surface area contributed by atoms with Gasteiger partial charge in [-0.2, -0.15) is 0 Å². The molecule has 3 aromatic heterocycles. The average molecular weight is 1060 g/mol. The molecule has 2 fully saturated rings. The summed E-state index contributed by atoms with van der Waals surface area (Å²) in [5.41, 5.74) is 1.86. The van der Waals surface area contributed by atoms with Crippen molar-refractivity contribution >= 4 is 67.8 Å². The number of rotatable bonds is 25. The summed E-state index contributed by atoms with van der Waals surface area (Å²) in [6, 6.07) is 9.45. The minimum absolute atomic E-state index is 0.00958. The molecule has 3 aliphatic rings. The van der Waals surface area contributed by atoms with E-state index in [0.717, 1.165) is 21.9 Å². The molecule has 0 aliphatic carbocycles. The fraction of sp³-hybridized carbons (Fsp3) is 0.451. The summed E-state index contributed by atoms with van der Waals surface area (Å²) in [7, 11) is -0.602. The second-order valence-electron chi connectivity index (χ2n) is 18.2. The van der Waals surface area contributed by atoms with Crippen LogP contribution in [-0.4, -0.2) is 177 Å². The van der Waals surface area contributed by atoms with Gasteiger partial charge in [-0.3, -0.25) is 38.5 Å². The SMILES string of the molecule is CCCS(=O)(=O)Nc1ccc(F)c(-n2cc(-c3cncnc3)c3nc(N(C)C4CCN(C(=O)CCOCCOCCOCCOCCNc5cccc6c5C(=O)N(C5CCC(=O)N(C)C5=O)C6=O)CC4)ccc32)c1F. The van der Waals surface area contributed by atoms with Gasteiger partial charge in [-0.25, -0.2) is 32.2 Å². The van der Waals surface area contributed by atoms with Gasteiger partial charge in [-0.15, -0.1) is 0 Å². The third kappa shape index (κ3) is 12.4. The quantitative estimate of drug-likeness (QED) is 0.0598. The topological polar surface area (TPSA) is 237 Å². The average Bonchev–Trinajstić information content (AvgIpc) is 3.91. The number of nitrogens with zero attached hydrogens (tertiary/aromatic N) is 8. The van der Waals surface area contributed by atoms with Crippen LogP contribution in [0.5, 0.6) is 0 Å². The van der Waals surface area contributed by atoms with Crippen molar-refractivity contribution in [1.29, 1.82) is 0 Å². The number of anilines is 3. The minimum Gasteiger partial charge on any atom is -0.382 e. The zero-order valence-electron chi connectivity index (χ0n) is 42.0. The van der Waals surface area contributed by atoms with Crippen LogP contribution in [0.25, 0.3) is 27.8 Å². The number of fused-ring (bicyclic) bond motifs is 2. The number of halogens is 2. The fourth-order valence-corrected chi connectivity index (χ4v) is 10.5. The monoisotopic (exact) mass is 1060 g/mol. The van der Waals surface area contributed by atoms with Gasteiger partial charge in [0.2, 0.25) is 21.8 Å². The second-order valence-corrected chi connectivity index (χ2v) is 20.0. The smallest absolute Gasteiger partial charge is 0.264 e. The first kappa shape index (κ1) is 54.3. The van der Waals surface area contributed by atoms with Crippen molar-refractivity contribution in [1.82, 2.24) is 34.2 Å². The summed E-state index contributed by atoms with van der Waals surface area (Å²) in [6.07, 6.45) is 8.10. The van der Waals surface area contributed by atoms with Gasteiger partial charge in [0.05, 0.1) is 92.9 Å². The lowest BCUT2D eigenvalue weighted by molar-refractivity contribution is -0.149. The highest BCUT2D eigenvalue weighted by Gasteiger charge is 2.47. The maximum absolute atomic E-state index is 16.1. The summed E-state index contributed by atoms with van der Waals surface area (Å²) in [6.45, 7) is 5.63. The third-order valence-electron chi connectivity index (χ3n) is 13.3. The van der Waals surface area contributed by atoms with E-state index in [1.165, 1.54) is 24.1 Å². The predicted molar refractivity (Wildman–Crippen MR) is 272 cm³/mol. The molecule has 2 N–H and O–H groups in total. The van der Waals surface area contributed by atoms with Crippen molar-refractivity contribution in [3.05, 3.63) is 90.1 Å². The molecular formula is C51H60F2N10O11S. The molecule has 1 atom stereocenters. The van der Waals surface area contributed by atoms with Crippen LogP contribution in [0.3, 0.4) is 0 Å². The van der Waals surface area contributed by atoms with E-state index in [-0.39, 0.29) is 66.3 Å². The Balaban J connectivity index is 0.709. The summed E-state index contributed by atoms with van der Waals surface area (Å²) in [4.78, 5) is 83.3. The highest BCUT2D eigenvalue weighted by atomic mass is 32.2. The van der Waals surface area contributed by atoms with Crippen LogP contribution in [0.1, 0.15) is 66.2 Å². The van der Waals surface area contributed by atoms with Crippen LogP contribution in [0.15, 0.2) is 67.4 Å². The van der Waals surface area contributed by atoms with Gasteiger partial charge in [0, 0.05) is 81.6 Å². The molecule has 6 heterocycles. The molecule has 0 spiro atoms. The van der Waals surface area contributed by atoms with Crippen molar-refractivity contribution < 1.29 is 60.1 Å². The number of carbonyl (C=O) groups excluding carboxylic acids is 5. The number of likely N-dealkylation sites (tertiary alicyclic amines) is 2. The first-order valence-corrected chi connectivity index (χ1v) is 26.5. The van der Waals surface area contributed by atoms with Crippen molar-refractivity contribution in [2.45, 2.75) is 57.5 Å². The van der Waals surface area contributed by atoms with Crippen LogP contribution in [-0.2, 0) is 43.4 Å². The van der Waals surface area contributed by atoms with Gasteiger partial charge in [-0.1, -0.05) is 13.0 Å². The van der Waals surface area contributed by atoms with E-state index in [0.29, 0.717) is 119 Å². The highest BCUT2D eigenvalue weighted by molar-refractivity contribution is 7.92. The first-order valence-electron chi connectivity index (χ1n) is 24.8. The number of carbonyl (C=O) groups is 5. The van der Waals surface area contributed by atoms with Gasteiger partial charge in [0.25, 0.3) is 17.7 Å². The number of piperidine rings is 2. The second kappa shape index (κ2) is 24.6. The van der Waals surface area contributed by atoms with Crippen LogP contribution in [0.4, 0.5) is 26.0 Å². The summed E-state index contributed by atoms with van der Waals surface area (Å²) in [5, 5.41) is 3.14. The molecule has 3 aliphatic heterocycles. The molecule has 2 aromatic carbocycles. The van der Waals surface area contributed by atoms with Crippen LogP contribution in [0, 0.1) is 11.6 Å². The van der Waals surface area contributed by atoms with Gasteiger partial charge in [-0.05, 0) is 62.1 Å². The molecule has 8 rings (SSSR count). The molecule has 0 radical (unpaired) electrons. The van der Waals surface area contributed by atoms with E-state index in [2.05, 4.69) is 20.0 Å². The Bertz CT molecular complexity index is 3010. The minimum atomic E-state index is -3.87. The van der Waals surface area contributed by atoms with Gasteiger partial charge in [0.1, 0.15) is 29.7 Å². The molecule has 1 unspecified atom stereocenters. The highest BCUT2D eigenvalue weighted by Crippen LogP contribution is 2.37. The number of nitrogens with one attached hydrogen (secondary N) is 2. The van der Waals surface area contributed by atoms with E-state index in [4.69, 9.17) is 23.9 Å². The Labute approximate surface area is 432 Å². The number of likely N-dealkylation sites (N-methyl/N-ethyl adjacent to an activating group) is 1. The molecule has 400 valence electrons. The van der Waals surface area contributed by atoms with Crippen molar-refractivity contribution in [3.63, 3.8) is 0 Å². The lowest BCUT2D eigenvalue weighted by Gasteiger charge is -2.37. The molecule has 0 bridgehead atoms. The van der Waals surface area contributed by atoms with E-state index in [9.17, 15) is 32.4 Å². The number of ether oxygens (including phenoxy) is 4. The van der Waals surface area contributed by atoms with Crippen molar-refractivity contribution in [3.8, 4) is 16.8 Å². The number of benzene rings is 2. The number of amides is 5. The molecule has 2 saturated heterocycles. The normalized spacial score (nSPS) is 16.3. The van der Waals surface area contributed by atoms with E-state index in [1.807, 2.05) is 16.8 Å². The number of hydrogen-bond donors (Lipinski definition) is 2. The Kier molecular flexibility index (Phi) is 17.8. The molecule has 5 amide bonds. The van der Waals surface area contributed by atoms with Crippen molar-refractivity contribution in [2.75, 3.05) is 107 Å². The lowest BCUT2D eigenvalue weighted by Crippen LogP contribution is -2.54. The molecule has 75 heavy (non-hydrogen) atoms. The molecule has 21 nitrogen and oxygen atoms in total. The maximum Gasteiger partial charge on any atom is 0.264 e. The number of pyridine rings is 1. The van der Waals surface area contributed by atoms with E-state index in [1.54, 1.807) is 49.6 Å². The lowest BCUT2D eigenvalue weighted by atomic mass is 10.0. The van der Waals surface area contributed by atoms with Crippen molar-refractivity contribution in [2.24, 2.45) is 0 Å². The Morgan fingerprint density at radius 1 is 0.827 bits per heavy atom. The van der Waals surface area contributed by atoms with Crippen LogP contribution < -0.4 is 14.9 Å². The standard InChI is InChI=1S/C51H60F2N10O11S/c1-4-28-75(69,70)58-39-9-8-37(52)48(46(39)53)62-31-36(33-29-54-32-55-30-33)47-40(62)10-12-42(57-47)59(2)34-14-18-61(19-15-34)44(65)16-20-71-22-24-73-26-27-74-25-23-72-21-17-56-38-7-5-6-35-45(38)51(68)63(49(35)66)41-11-13-43(64)60(3)50(41)67/h5-10,12,29-32,34,41,56,58H,4,11,13-28H2,1-3H3. The molecular weight excluding hydrogens is 999 g/mol. The number of imide groups is 2. The molecule has 24 heteroatoms. The third-order valence-corrected chi connectivity index (χ3v) is 14.8. The number of aromatic nitrogens is 4. The van der Waals surface area contributed by atoms with Gasteiger partial charge in [0.15, 0.2) is 5.82 Å². The van der Waals surface area contributed by atoms with Gasteiger partial charge < -0.3 is 38.6 Å².